The molecule has 110 valence electrons. The second kappa shape index (κ2) is 4.53. The summed E-state index contributed by atoms with van der Waals surface area (Å²) < 4.78 is 2.39. The number of hydrogen-bond donors (Lipinski definition) is 0. The van der Waals surface area contributed by atoms with Crippen molar-refractivity contribution in [2.24, 2.45) is 0 Å². The number of para-hydroxylation sites is 1. The second-order valence-corrected chi connectivity index (χ2v) is 6.16. The fourth-order valence-electron chi connectivity index (χ4n) is 3.42. The van der Waals surface area contributed by atoms with E-state index in [0.717, 1.165) is 36.2 Å². The highest BCUT2D eigenvalue weighted by molar-refractivity contribution is 5.89. The first-order valence-electron chi connectivity index (χ1n) is 7.89. The lowest BCUT2D eigenvalue weighted by atomic mass is 10.1. The predicted molar refractivity (Wildman–Crippen MR) is 84.8 cm³/mol. The van der Waals surface area contributed by atoms with Gasteiger partial charge in [0.05, 0.1) is 24.1 Å². The Morgan fingerprint density at radius 2 is 1.95 bits per heavy atom. The highest BCUT2D eigenvalue weighted by atomic mass is 15.2. The molecule has 0 atom stereocenters. The minimum atomic E-state index is 0.711. The van der Waals surface area contributed by atoms with Gasteiger partial charge in [0, 0.05) is 30.1 Å². The molecule has 0 N–H and O–H groups in total. The molecule has 5 nitrogen and oxygen atoms in total. The number of hydrogen-bond acceptors (Lipinski definition) is 4. The van der Waals surface area contributed by atoms with Crippen molar-refractivity contribution in [1.29, 1.82) is 0 Å². The van der Waals surface area contributed by atoms with Crippen LogP contribution in [0.5, 0.6) is 0 Å². The van der Waals surface area contributed by atoms with Gasteiger partial charge in [-0.3, -0.25) is 0 Å². The van der Waals surface area contributed by atoms with Crippen LogP contribution in [0.4, 0.5) is 5.82 Å². The molecule has 0 spiro atoms. The zero-order valence-electron chi connectivity index (χ0n) is 12.3. The minimum absolute atomic E-state index is 0.711. The average molecular weight is 291 g/mol. The maximum absolute atomic E-state index is 4.65. The van der Waals surface area contributed by atoms with Gasteiger partial charge >= 0.3 is 0 Å². The largest absolute Gasteiger partial charge is 0.350 e. The van der Waals surface area contributed by atoms with Crippen molar-refractivity contribution in [3.63, 3.8) is 0 Å². The highest BCUT2D eigenvalue weighted by Gasteiger charge is 2.30. The Balaban J connectivity index is 1.53. The fourth-order valence-corrected chi connectivity index (χ4v) is 3.42. The molecular formula is C17H17N5. The summed E-state index contributed by atoms with van der Waals surface area (Å²) >= 11 is 0. The minimum Gasteiger partial charge on any atom is -0.350 e. The molecule has 3 aromatic rings. The number of imidazole rings is 1. The van der Waals surface area contributed by atoms with Crippen molar-refractivity contribution in [2.45, 2.75) is 31.8 Å². The van der Waals surface area contributed by atoms with Crippen LogP contribution in [0.25, 0.3) is 10.9 Å². The Labute approximate surface area is 128 Å². The van der Waals surface area contributed by atoms with Gasteiger partial charge in [0.1, 0.15) is 12.1 Å². The van der Waals surface area contributed by atoms with Gasteiger partial charge in [-0.15, -0.1) is 0 Å². The number of fused-ring (bicyclic) bond motifs is 2. The molecule has 1 aliphatic heterocycles. The van der Waals surface area contributed by atoms with Crippen molar-refractivity contribution in [1.82, 2.24) is 19.5 Å². The van der Waals surface area contributed by atoms with Crippen LogP contribution < -0.4 is 4.90 Å². The maximum Gasteiger partial charge on any atom is 0.140 e. The SMILES string of the molecule is c1ccc2c(N3CCc4c(ncn4C4CC4)C3)ncnc2c1. The first-order chi connectivity index (χ1) is 10.9. The molecule has 0 unspecified atom stereocenters. The highest BCUT2D eigenvalue weighted by Crippen LogP contribution is 2.38. The number of aromatic nitrogens is 4. The van der Waals surface area contributed by atoms with E-state index in [4.69, 9.17) is 0 Å². The first kappa shape index (κ1) is 12.1. The molecule has 22 heavy (non-hydrogen) atoms. The third-order valence-corrected chi connectivity index (χ3v) is 4.70. The molecule has 5 rings (SSSR count). The fraction of sp³-hybridized carbons (Fsp3) is 0.353. The molecule has 1 aliphatic carbocycles. The van der Waals surface area contributed by atoms with Crippen LogP contribution in [-0.2, 0) is 13.0 Å². The molecule has 0 saturated heterocycles. The summed E-state index contributed by atoms with van der Waals surface area (Å²) in [5.74, 6) is 1.03. The summed E-state index contributed by atoms with van der Waals surface area (Å²) in [6, 6.07) is 8.92. The van der Waals surface area contributed by atoms with Gasteiger partial charge in [0.2, 0.25) is 0 Å². The van der Waals surface area contributed by atoms with Crippen molar-refractivity contribution in [3.8, 4) is 0 Å². The summed E-state index contributed by atoms with van der Waals surface area (Å²) in [6.45, 7) is 1.84. The normalized spacial score (nSPS) is 17.7. The van der Waals surface area contributed by atoms with Crippen LogP contribution >= 0.6 is 0 Å². The Kier molecular flexibility index (Phi) is 2.50. The Bertz CT molecular complexity index is 844. The van der Waals surface area contributed by atoms with Crippen molar-refractivity contribution in [3.05, 3.63) is 48.3 Å². The number of rotatable bonds is 2. The van der Waals surface area contributed by atoms with E-state index in [1.807, 2.05) is 24.5 Å². The molecule has 3 heterocycles. The average Bonchev–Trinajstić information content (AvgIpc) is 3.33. The number of anilines is 1. The third-order valence-electron chi connectivity index (χ3n) is 4.70. The van der Waals surface area contributed by atoms with Gasteiger partial charge in [-0.05, 0) is 25.0 Å². The van der Waals surface area contributed by atoms with Gasteiger partial charge in [0.25, 0.3) is 0 Å². The van der Waals surface area contributed by atoms with E-state index >= 15 is 0 Å². The molecule has 2 aliphatic rings. The van der Waals surface area contributed by atoms with Crippen LogP contribution in [0.2, 0.25) is 0 Å². The summed E-state index contributed by atoms with van der Waals surface area (Å²) in [6.07, 6.45) is 7.36. The van der Waals surface area contributed by atoms with Crippen molar-refractivity contribution < 1.29 is 0 Å². The lowest BCUT2D eigenvalue weighted by molar-refractivity contribution is 0.639. The topological polar surface area (TPSA) is 46.8 Å². The van der Waals surface area contributed by atoms with E-state index in [0.29, 0.717) is 6.04 Å². The first-order valence-corrected chi connectivity index (χ1v) is 7.89. The van der Waals surface area contributed by atoms with Crippen LogP contribution in [0, 0.1) is 0 Å². The van der Waals surface area contributed by atoms with E-state index in [1.54, 1.807) is 6.33 Å². The van der Waals surface area contributed by atoms with E-state index < -0.39 is 0 Å². The smallest absolute Gasteiger partial charge is 0.140 e. The molecule has 2 aromatic heterocycles. The zero-order valence-corrected chi connectivity index (χ0v) is 12.3. The van der Waals surface area contributed by atoms with E-state index in [1.165, 1.54) is 24.2 Å². The lowest BCUT2D eigenvalue weighted by Gasteiger charge is -2.28. The van der Waals surface area contributed by atoms with Gasteiger partial charge < -0.3 is 9.47 Å². The standard InChI is InChI=1S/C17H17N5/c1-2-4-14-13(3-1)17(19-10-18-14)21-8-7-16-15(9-21)20-11-22(16)12-5-6-12/h1-4,10-12H,5-9H2. The maximum atomic E-state index is 4.65. The summed E-state index contributed by atoms with van der Waals surface area (Å²) in [7, 11) is 0. The van der Waals surface area contributed by atoms with Crippen LogP contribution in [0.1, 0.15) is 30.3 Å². The Morgan fingerprint density at radius 3 is 2.86 bits per heavy atom. The Hall–Kier alpha value is -2.43. The quantitative estimate of drug-likeness (QED) is 0.728. The predicted octanol–water partition coefficient (Wildman–Crippen LogP) is 2.72. The van der Waals surface area contributed by atoms with E-state index in [9.17, 15) is 0 Å². The van der Waals surface area contributed by atoms with Gasteiger partial charge in [-0.25, -0.2) is 15.0 Å². The summed E-state index contributed by atoms with van der Waals surface area (Å²) in [5, 5.41) is 1.12. The van der Waals surface area contributed by atoms with Gasteiger partial charge in [-0.1, -0.05) is 12.1 Å². The Morgan fingerprint density at radius 1 is 1.05 bits per heavy atom. The molecule has 1 fully saturated rings. The monoisotopic (exact) mass is 291 g/mol. The molecule has 0 bridgehead atoms. The zero-order chi connectivity index (χ0) is 14.5. The lowest BCUT2D eigenvalue weighted by Crippen LogP contribution is -2.32. The molecule has 0 amide bonds. The van der Waals surface area contributed by atoms with Gasteiger partial charge in [0.15, 0.2) is 0 Å². The number of benzene rings is 1. The van der Waals surface area contributed by atoms with E-state index in [-0.39, 0.29) is 0 Å². The summed E-state index contributed by atoms with van der Waals surface area (Å²) in [5.41, 5.74) is 3.64. The number of nitrogens with zero attached hydrogens (tertiary/aromatic N) is 5. The van der Waals surface area contributed by atoms with Crippen LogP contribution in [0.3, 0.4) is 0 Å². The van der Waals surface area contributed by atoms with Crippen LogP contribution in [0.15, 0.2) is 36.9 Å². The molecule has 0 radical (unpaired) electrons. The molecular weight excluding hydrogens is 274 g/mol. The molecule has 1 saturated carbocycles. The van der Waals surface area contributed by atoms with E-state index in [2.05, 4.69) is 30.5 Å². The molecule has 5 heteroatoms. The van der Waals surface area contributed by atoms with Crippen LogP contribution in [-0.4, -0.2) is 26.1 Å². The van der Waals surface area contributed by atoms with Crippen molar-refractivity contribution in [2.75, 3.05) is 11.4 Å². The van der Waals surface area contributed by atoms with Crippen molar-refractivity contribution >= 4 is 16.7 Å². The third kappa shape index (κ3) is 1.81. The second-order valence-electron chi connectivity index (χ2n) is 6.16. The van der Waals surface area contributed by atoms with Gasteiger partial charge in [-0.2, -0.15) is 0 Å². The summed E-state index contributed by atoms with van der Waals surface area (Å²) in [4.78, 5) is 15.9. The molecule has 1 aromatic carbocycles.